The van der Waals surface area contributed by atoms with Crippen molar-refractivity contribution in [3.8, 4) is 11.3 Å². The standard InChI is InChI=1S/C27H34N4O3/c1-18-8-10-20(11-9-18)24(30-26(33)34-27(2,3)4)25(32)29-21-14-12-19(13-15-21)22-6-5-7-23-28-16-17-31(22)23/h5-7,12-18,20,24H,8-11H2,1-4H3,(H,29,32)(H,30,33)/t18?,20?,24-/m0/s1. The molecular formula is C27H34N4O3. The molecule has 0 radical (unpaired) electrons. The zero-order valence-corrected chi connectivity index (χ0v) is 20.4. The fraction of sp³-hybridized carbons (Fsp3) is 0.444. The smallest absolute Gasteiger partial charge is 0.408 e. The van der Waals surface area contributed by atoms with Crippen LogP contribution in [0.4, 0.5) is 10.5 Å². The Morgan fingerprint density at radius 3 is 2.44 bits per heavy atom. The molecule has 1 aliphatic rings. The summed E-state index contributed by atoms with van der Waals surface area (Å²) in [5, 5.41) is 5.85. The summed E-state index contributed by atoms with van der Waals surface area (Å²) in [6.45, 7) is 7.68. The van der Waals surface area contributed by atoms with E-state index in [1.165, 1.54) is 0 Å². The van der Waals surface area contributed by atoms with Crippen molar-refractivity contribution in [3.63, 3.8) is 0 Å². The second-order valence-electron chi connectivity index (χ2n) is 10.3. The van der Waals surface area contributed by atoms with E-state index in [0.717, 1.165) is 42.6 Å². The summed E-state index contributed by atoms with van der Waals surface area (Å²) in [6.07, 6.45) is 7.06. The van der Waals surface area contributed by atoms with Crippen LogP contribution in [-0.4, -0.2) is 33.0 Å². The molecule has 1 aliphatic carbocycles. The predicted octanol–water partition coefficient (Wildman–Crippen LogP) is 5.66. The second-order valence-corrected chi connectivity index (χ2v) is 10.3. The number of benzene rings is 1. The van der Waals surface area contributed by atoms with Crippen LogP contribution in [-0.2, 0) is 9.53 Å². The second kappa shape index (κ2) is 9.87. The van der Waals surface area contributed by atoms with Gasteiger partial charge in [0.2, 0.25) is 5.91 Å². The Kier molecular flexibility index (Phi) is 6.91. The molecule has 1 fully saturated rings. The van der Waals surface area contributed by atoms with Gasteiger partial charge in [0, 0.05) is 18.1 Å². The highest BCUT2D eigenvalue weighted by atomic mass is 16.6. The maximum absolute atomic E-state index is 13.3. The number of amides is 2. The van der Waals surface area contributed by atoms with Gasteiger partial charge in [0.15, 0.2) is 0 Å². The third-order valence-electron chi connectivity index (χ3n) is 6.36. The van der Waals surface area contributed by atoms with Crippen molar-refractivity contribution in [2.75, 3.05) is 5.32 Å². The lowest BCUT2D eigenvalue weighted by Crippen LogP contribution is -2.50. The number of hydrogen-bond donors (Lipinski definition) is 2. The van der Waals surface area contributed by atoms with Crippen LogP contribution < -0.4 is 10.6 Å². The van der Waals surface area contributed by atoms with Crippen molar-refractivity contribution in [3.05, 3.63) is 54.9 Å². The van der Waals surface area contributed by atoms with Gasteiger partial charge in [0.1, 0.15) is 17.3 Å². The number of imidazole rings is 1. The maximum atomic E-state index is 13.3. The van der Waals surface area contributed by atoms with Crippen molar-refractivity contribution in [2.45, 2.75) is 65.0 Å². The van der Waals surface area contributed by atoms with Crippen molar-refractivity contribution in [1.29, 1.82) is 0 Å². The Labute approximate surface area is 200 Å². The number of pyridine rings is 1. The van der Waals surface area contributed by atoms with Crippen molar-refractivity contribution >= 4 is 23.3 Å². The Bertz CT molecular complexity index is 1140. The first-order chi connectivity index (χ1) is 16.2. The van der Waals surface area contributed by atoms with E-state index in [9.17, 15) is 9.59 Å². The van der Waals surface area contributed by atoms with Crippen molar-refractivity contribution in [2.24, 2.45) is 11.8 Å². The molecule has 2 amide bonds. The van der Waals surface area contributed by atoms with E-state index in [2.05, 4.69) is 22.5 Å². The zero-order valence-electron chi connectivity index (χ0n) is 20.4. The Hall–Kier alpha value is -3.35. The van der Waals surface area contributed by atoms with Crippen molar-refractivity contribution < 1.29 is 14.3 Å². The predicted molar refractivity (Wildman–Crippen MR) is 134 cm³/mol. The number of alkyl carbamates (subject to hydrolysis) is 1. The summed E-state index contributed by atoms with van der Waals surface area (Å²) < 4.78 is 7.46. The van der Waals surface area contributed by atoms with Crippen LogP contribution in [0.1, 0.15) is 53.4 Å². The maximum Gasteiger partial charge on any atom is 0.408 e. The summed E-state index contributed by atoms with van der Waals surface area (Å²) in [7, 11) is 0. The first-order valence-corrected chi connectivity index (χ1v) is 12.0. The number of anilines is 1. The van der Waals surface area contributed by atoms with Gasteiger partial charge in [0.05, 0.1) is 5.69 Å². The van der Waals surface area contributed by atoms with Crippen LogP contribution in [0.5, 0.6) is 0 Å². The Morgan fingerprint density at radius 1 is 1.06 bits per heavy atom. The normalized spacial score (nSPS) is 19.4. The number of nitrogens with one attached hydrogen (secondary N) is 2. The van der Waals surface area contributed by atoms with Gasteiger partial charge in [-0.3, -0.25) is 9.20 Å². The molecule has 0 spiro atoms. The molecule has 4 rings (SSSR count). The largest absolute Gasteiger partial charge is 0.444 e. The van der Waals surface area contributed by atoms with Gasteiger partial charge in [-0.1, -0.05) is 38.0 Å². The average molecular weight is 463 g/mol. The molecule has 0 saturated heterocycles. The number of nitrogens with zero attached hydrogens (tertiary/aromatic N) is 2. The van der Waals surface area contributed by atoms with Crippen molar-refractivity contribution in [1.82, 2.24) is 14.7 Å². The summed E-state index contributed by atoms with van der Waals surface area (Å²) in [4.78, 5) is 30.1. The summed E-state index contributed by atoms with van der Waals surface area (Å²) >= 11 is 0. The van der Waals surface area contributed by atoms with Gasteiger partial charge in [-0.05, 0) is 75.3 Å². The van der Waals surface area contributed by atoms with Crippen LogP contribution in [0, 0.1) is 11.8 Å². The van der Waals surface area contributed by atoms with Gasteiger partial charge >= 0.3 is 6.09 Å². The molecule has 7 nitrogen and oxygen atoms in total. The average Bonchev–Trinajstić information content (AvgIpc) is 3.27. The molecule has 1 aromatic carbocycles. The SMILES string of the molecule is CC1CCC([C@H](NC(=O)OC(C)(C)C)C(=O)Nc2ccc(-c3cccc4nccn34)cc2)CC1. The van der Waals surface area contributed by atoms with Gasteiger partial charge in [-0.2, -0.15) is 0 Å². The molecule has 0 bridgehead atoms. The molecule has 2 N–H and O–H groups in total. The summed E-state index contributed by atoms with van der Waals surface area (Å²) in [5.74, 6) is 0.519. The molecule has 34 heavy (non-hydrogen) atoms. The lowest BCUT2D eigenvalue weighted by atomic mass is 9.79. The highest BCUT2D eigenvalue weighted by Crippen LogP contribution is 2.31. The number of rotatable bonds is 5. The van der Waals surface area contributed by atoms with E-state index in [0.29, 0.717) is 11.6 Å². The van der Waals surface area contributed by atoms with E-state index in [1.54, 1.807) is 6.20 Å². The van der Waals surface area contributed by atoms with Crippen LogP contribution >= 0.6 is 0 Å². The lowest BCUT2D eigenvalue weighted by molar-refractivity contribution is -0.119. The Morgan fingerprint density at radius 2 is 1.76 bits per heavy atom. The molecule has 0 aliphatic heterocycles. The fourth-order valence-corrected chi connectivity index (χ4v) is 4.58. The molecular weight excluding hydrogens is 428 g/mol. The minimum absolute atomic E-state index is 0.0850. The van der Waals surface area contributed by atoms with Crippen LogP contribution in [0.25, 0.3) is 16.9 Å². The molecule has 1 atom stereocenters. The third kappa shape index (κ3) is 5.76. The van der Waals surface area contributed by atoms with Crippen LogP contribution in [0.15, 0.2) is 54.9 Å². The van der Waals surface area contributed by atoms with Gasteiger partial charge < -0.3 is 15.4 Å². The molecule has 3 aromatic rings. The first kappa shape index (κ1) is 23.8. The number of hydrogen-bond acceptors (Lipinski definition) is 4. The number of ether oxygens (including phenoxy) is 1. The minimum atomic E-state index is -0.637. The van der Waals surface area contributed by atoms with Gasteiger partial charge in [0.25, 0.3) is 0 Å². The Balaban J connectivity index is 1.49. The molecule has 0 unspecified atom stereocenters. The highest BCUT2D eigenvalue weighted by molar-refractivity contribution is 5.97. The summed E-state index contributed by atoms with van der Waals surface area (Å²) in [6, 6.07) is 13.1. The van der Waals surface area contributed by atoms with E-state index >= 15 is 0 Å². The number of aromatic nitrogens is 2. The molecule has 2 heterocycles. The quantitative estimate of drug-likeness (QED) is 0.512. The van der Waals surface area contributed by atoms with Gasteiger partial charge in [-0.25, -0.2) is 9.78 Å². The van der Waals surface area contributed by atoms with E-state index < -0.39 is 17.7 Å². The fourth-order valence-electron chi connectivity index (χ4n) is 4.58. The number of carbonyl (C=O) groups excluding carboxylic acids is 2. The topological polar surface area (TPSA) is 84.7 Å². The lowest BCUT2D eigenvalue weighted by Gasteiger charge is -2.33. The number of fused-ring (bicyclic) bond motifs is 1. The highest BCUT2D eigenvalue weighted by Gasteiger charge is 2.33. The molecule has 1 saturated carbocycles. The minimum Gasteiger partial charge on any atom is -0.444 e. The monoisotopic (exact) mass is 462 g/mol. The molecule has 7 heteroatoms. The summed E-state index contributed by atoms with van der Waals surface area (Å²) in [5.41, 5.74) is 2.99. The van der Waals surface area contributed by atoms with Crippen LogP contribution in [0.2, 0.25) is 0 Å². The van der Waals surface area contributed by atoms with Crippen LogP contribution in [0.3, 0.4) is 0 Å². The van der Waals surface area contributed by atoms with E-state index in [-0.39, 0.29) is 11.8 Å². The number of carbonyl (C=O) groups is 2. The van der Waals surface area contributed by atoms with E-state index in [1.807, 2.05) is 73.8 Å². The van der Waals surface area contributed by atoms with Gasteiger partial charge in [-0.15, -0.1) is 0 Å². The third-order valence-corrected chi connectivity index (χ3v) is 6.36. The first-order valence-electron chi connectivity index (χ1n) is 12.0. The zero-order chi connectivity index (χ0) is 24.3. The molecule has 180 valence electrons. The van der Waals surface area contributed by atoms with E-state index in [4.69, 9.17) is 4.74 Å². The molecule has 2 aromatic heterocycles.